The minimum Gasteiger partial charge on any atom is -0.335 e. The number of rotatable bonds is 2. The zero-order chi connectivity index (χ0) is 17.4. The Morgan fingerprint density at radius 2 is 1.64 bits per heavy atom. The van der Waals surface area contributed by atoms with Crippen LogP contribution in [0.4, 0.5) is 5.69 Å². The standard InChI is InChI=1S/C19H26N2O3S/c22-19(20-12-3-6-15-5-1-2-7-18(15)20)16-8-10-17(11-9-16)21-13-4-14-25(21,23)24/h8-11,15,18H,1-7,12-14H2. The van der Waals surface area contributed by atoms with Crippen molar-refractivity contribution in [3.05, 3.63) is 29.8 Å². The van der Waals surface area contributed by atoms with Crippen molar-refractivity contribution < 1.29 is 13.2 Å². The molecular formula is C19H26N2O3S. The summed E-state index contributed by atoms with van der Waals surface area (Å²) >= 11 is 0. The summed E-state index contributed by atoms with van der Waals surface area (Å²) in [4.78, 5) is 15.1. The molecule has 3 fully saturated rings. The Morgan fingerprint density at radius 3 is 2.36 bits per heavy atom. The van der Waals surface area contributed by atoms with Crippen molar-refractivity contribution in [3.8, 4) is 0 Å². The molecule has 6 heteroatoms. The van der Waals surface area contributed by atoms with Crippen LogP contribution in [0.2, 0.25) is 0 Å². The molecule has 0 bridgehead atoms. The zero-order valence-corrected chi connectivity index (χ0v) is 15.4. The van der Waals surface area contributed by atoms with Gasteiger partial charge in [-0.05, 0) is 62.3 Å². The number of nitrogens with zero attached hydrogens (tertiary/aromatic N) is 2. The molecule has 1 aliphatic carbocycles. The SMILES string of the molecule is O=C(c1ccc(N2CCCS2(=O)=O)cc1)N1CCCC2CCCCC21. The lowest BCUT2D eigenvalue weighted by Gasteiger charge is -2.44. The highest BCUT2D eigenvalue weighted by Gasteiger charge is 2.36. The van der Waals surface area contributed by atoms with Gasteiger partial charge in [0.05, 0.1) is 11.4 Å². The number of hydrogen-bond acceptors (Lipinski definition) is 3. The fourth-order valence-corrected chi connectivity index (χ4v) is 6.31. The molecule has 2 heterocycles. The number of likely N-dealkylation sites (tertiary alicyclic amines) is 1. The number of amides is 1. The average molecular weight is 362 g/mol. The van der Waals surface area contributed by atoms with Crippen molar-refractivity contribution >= 4 is 21.6 Å². The Bertz CT molecular complexity index is 742. The number of fused-ring (bicyclic) bond motifs is 1. The second kappa shape index (κ2) is 6.63. The van der Waals surface area contributed by atoms with Gasteiger partial charge in [-0.15, -0.1) is 0 Å². The maximum absolute atomic E-state index is 13.0. The van der Waals surface area contributed by atoms with Crippen LogP contribution in [-0.2, 0) is 10.0 Å². The summed E-state index contributed by atoms with van der Waals surface area (Å²) in [7, 11) is -3.17. The van der Waals surface area contributed by atoms with E-state index in [0.717, 1.165) is 19.4 Å². The highest BCUT2D eigenvalue weighted by Crippen LogP contribution is 2.36. The third kappa shape index (κ3) is 3.16. The summed E-state index contributed by atoms with van der Waals surface area (Å²) in [5.74, 6) is 0.984. The zero-order valence-electron chi connectivity index (χ0n) is 14.6. The summed E-state index contributed by atoms with van der Waals surface area (Å²) in [6, 6.07) is 7.53. The monoisotopic (exact) mass is 362 g/mol. The van der Waals surface area contributed by atoms with Crippen molar-refractivity contribution in [2.24, 2.45) is 5.92 Å². The molecule has 3 aliphatic rings. The maximum Gasteiger partial charge on any atom is 0.254 e. The molecule has 1 aromatic carbocycles. The van der Waals surface area contributed by atoms with E-state index in [-0.39, 0.29) is 11.7 Å². The normalized spacial score (nSPS) is 28.6. The van der Waals surface area contributed by atoms with Crippen molar-refractivity contribution in [1.29, 1.82) is 0 Å². The van der Waals surface area contributed by atoms with E-state index in [9.17, 15) is 13.2 Å². The Morgan fingerprint density at radius 1 is 0.920 bits per heavy atom. The van der Waals surface area contributed by atoms with Gasteiger partial charge in [0.15, 0.2) is 0 Å². The lowest BCUT2D eigenvalue weighted by atomic mass is 9.78. The molecule has 2 saturated heterocycles. The second-order valence-corrected chi connectivity index (χ2v) is 9.55. The molecule has 0 spiro atoms. The molecule has 2 unspecified atom stereocenters. The number of benzene rings is 1. The first-order chi connectivity index (χ1) is 12.1. The van der Waals surface area contributed by atoms with Crippen LogP contribution in [0.25, 0.3) is 0 Å². The van der Waals surface area contributed by atoms with Crippen molar-refractivity contribution in [3.63, 3.8) is 0 Å². The minimum absolute atomic E-state index is 0.104. The molecule has 1 saturated carbocycles. The van der Waals surface area contributed by atoms with Gasteiger partial charge in [-0.3, -0.25) is 9.10 Å². The van der Waals surface area contributed by atoms with E-state index in [2.05, 4.69) is 4.90 Å². The lowest BCUT2D eigenvalue weighted by molar-refractivity contribution is 0.0390. The molecule has 2 atom stereocenters. The molecule has 0 aromatic heterocycles. The first kappa shape index (κ1) is 16.9. The lowest BCUT2D eigenvalue weighted by Crippen LogP contribution is -2.49. The maximum atomic E-state index is 13.0. The highest BCUT2D eigenvalue weighted by atomic mass is 32.2. The van der Waals surface area contributed by atoms with Gasteiger partial charge in [0, 0.05) is 24.7 Å². The average Bonchev–Trinajstić information content (AvgIpc) is 3.00. The van der Waals surface area contributed by atoms with Gasteiger partial charge < -0.3 is 4.90 Å². The summed E-state index contributed by atoms with van der Waals surface area (Å²) in [5.41, 5.74) is 1.34. The smallest absolute Gasteiger partial charge is 0.254 e. The number of carbonyl (C=O) groups excluding carboxylic acids is 1. The van der Waals surface area contributed by atoms with E-state index in [1.807, 2.05) is 0 Å². The number of anilines is 1. The molecule has 4 rings (SSSR count). The van der Waals surface area contributed by atoms with E-state index >= 15 is 0 Å². The van der Waals surface area contributed by atoms with Gasteiger partial charge in [-0.25, -0.2) is 8.42 Å². The molecule has 136 valence electrons. The van der Waals surface area contributed by atoms with E-state index in [0.29, 0.717) is 36.2 Å². The quantitative estimate of drug-likeness (QED) is 0.812. The van der Waals surface area contributed by atoms with Crippen molar-refractivity contribution in [1.82, 2.24) is 4.90 Å². The molecule has 5 nitrogen and oxygen atoms in total. The second-order valence-electron chi connectivity index (χ2n) is 7.54. The van der Waals surface area contributed by atoms with Crippen LogP contribution in [0.5, 0.6) is 0 Å². The molecule has 0 N–H and O–H groups in total. The molecule has 2 aliphatic heterocycles. The number of sulfonamides is 1. The number of carbonyl (C=O) groups is 1. The minimum atomic E-state index is -3.17. The third-order valence-corrected chi connectivity index (χ3v) is 7.88. The predicted molar refractivity (Wildman–Crippen MR) is 98.2 cm³/mol. The summed E-state index contributed by atoms with van der Waals surface area (Å²) < 4.78 is 25.5. The third-order valence-electron chi connectivity index (χ3n) is 6.01. The van der Waals surface area contributed by atoms with Crippen molar-refractivity contribution in [2.45, 2.75) is 51.0 Å². The van der Waals surface area contributed by atoms with Gasteiger partial charge in [-0.1, -0.05) is 12.8 Å². The van der Waals surface area contributed by atoms with Crippen molar-refractivity contribution in [2.75, 3.05) is 23.1 Å². The summed E-state index contributed by atoms with van der Waals surface area (Å²) in [5, 5.41) is 0. The molecule has 25 heavy (non-hydrogen) atoms. The van der Waals surface area contributed by atoms with Crippen LogP contribution in [-0.4, -0.2) is 44.1 Å². The topological polar surface area (TPSA) is 57.7 Å². The molecule has 1 amide bonds. The Kier molecular flexibility index (Phi) is 4.48. The van der Waals surface area contributed by atoms with Crippen LogP contribution in [0.1, 0.15) is 55.3 Å². The Hall–Kier alpha value is -1.56. The van der Waals surface area contributed by atoms with Gasteiger partial charge in [0.1, 0.15) is 0 Å². The predicted octanol–water partition coefficient (Wildman–Crippen LogP) is 3.02. The first-order valence-corrected chi connectivity index (χ1v) is 11.1. The van der Waals surface area contributed by atoms with Crippen LogP contribution >= 0.6 is 0 Å². The number of hydrogen-bond donors (Lipinski definition) is 0. The van der Waals surface area contributed by atoms with Crippen LogP contribution in [0, 0.1) is 5.92 Å². The van der Waals surface area contributed by atoms with Gasteiger partial charge in [-0.2, -0.15) is 0 Å². The van der Waals surface area contributed by atoms with Crippen LogP contribution < -0.4 is 4.31 Å². The Balaban J connectivity index is 1.52. The van der Waals surface area contributed by atoms with Gasteiger partial charge in [0.25, 0.3) is 5.91 Å². The van der Waals surface area contributed by atoms with E-state index in [1.54, 1.807) is 24.3 Å². The highest BCUT2D eigenvalue weighted by molar-refractivity contribution is 7.93. The summed E-state index contributed by atoms with van der Waals surface area (Å²) in [6.45, 7) is 1.38. The fraction of sp³-hybridized carbons (Fsp3) is 0.632. The first-order valence-electron chi connectivity index (χ1n) is 9.48. The molecule has 0 radical (unpaired) electrons. The number of piperidine rings is 1. The fourth-order valence-electron chi connectivity index (χ4n) is 4.74. The Labute approximate surface area is 150 Å². The van der Waals surface area contributed by atoms with Crippen LogP contribution in [0.3, 0.4) is 0 Å². The largest absolute Gasteiger partial charge is 0.335 e. The molecular weight excluding hydrogens is 336 g/mol. The van der Waals surface area contributed by atoms with Gasteiger partial charge in [0.2, 0.25) is 10.0 Å². The molecule has 1 aromatic rings. The summed E-state index contributed by atoms with van der Waals surface area (Å²) in [6.07, 6.45) is 7.90. The van der Waals surface area contributed by atoms with Gasteiger partial charge >= 0.3 is 0 Å². The van der Waals surface area contributed by atoms with E-state index < -0.39 is 10.0 Å². The van der Waals surface area contributed by atoms with E-state index in [4.69, 9.17) is 0 Å². The van der Waals surface area contributed by atoms with E-state index in [1.165, 1.54) is 30.0 Å². The van der Waals surface area contributed by atoms with Crippen LogP contribution in [0.15, 0.2) is 24.3 Å².